The summed E-state index contributed by atoms with van der Waals surface area (Å²) in [5.41, 5.74) is -0.756. The molecule has 5 nitrogen and oxygen atoms in total. The number of phenolic OH excluding ortho intramolecular Hbond substituents is 1. The number of benzene rings is 1. The van der Waals surface area contributed by atoms with E-state index in [0.29, 0.717) is 18.4 Å². The molecule has 6 heteroatoms. The molecule has 0 radical (unpaired) electrons. The number of aromatic hydroxyl groups is 1. The topological polar surface area (TPSA) is 91.7 Å². The second-order valence-corrected chi connectivity index (χ2v) is 6.71. The fourth-order valence-corrected chi connectivity index (χ4v) is 2.92. The number of hydrogen-bond donors (Lipinski definition) is 2. The van der Waals surface area contributed by atoms with E-state index in [4.69, 9.17) is 0 Å². The van der Waals surface area contributed by atoms with Crippen LogP contribution >= 0.6 is 0 Å². The Morgan fingerprint density at radius 2 is 1.94 bits per heavy atom. The van der Waals surface area contributed by atoms with E-state index >= 15 is 0 Å². The molecule has 2 N–H and O–H groups in total. The molecule has 1 aromatic rings. The molecule has 0 unspecified atom stereocenters. The van der Waals surface area contributed by atoms with Crippen molar-refractivity contribution < 1.29 is 23.4 Å². The Morgan fingerprint density at radius 1 is 1.33 bits per heavy atom. The standard InChI is InChI=1S/C12H14O5S/c1-18(16,17)8-3-4-9(10(13)7-8)12(11(14)15)5-2-6-12/h3-4,7,13H,2,5-6H2,1H3,(H,14,15). The minimum atomic E-state index is -3.40. The van der Waals surface area contributed by atoms with Gasteiger partial charge in [-0.05, 0) is 25.0 Å². The quantitative estimate of drug-likeness (QED) is 0.863. The number of carboxylic acid groups (broad SMARTS) is 1. The zero-order valence-electron chi connectivity index (χ0n) is 9.88. The molecule has 0 atom stereocenters. The van der Waals surface area contributed by atoms with Crippen LogP contribution in [0.15, 0.2) is 23.1 Å². The zero-order chi connectivity index (χ0) is 13.6. The molecule has 1 fully saturated rings. The van der Waals surface area contributed by atoms with Crippen molar-refractivity contribution in [3.8, 4) is 5.75 Å². The molecule has 2 rings (SSSR count). The molecule has 0 heterocycles. The van der Waals surface area contributed by atoms with E-state index in [9.17, 15) is 23.4 Å². The second-order valence-electron chi connectivity index (χ2n) is 4.69. The average molecular weight is 270 g/mol. The largest absolute Gasteiger partial charge is 0.508 e. The van der Waals surface area contributed by atoms with Gasteiger partial charge in [0.1, 0.15) is 5.75 Å². The number of rotatable bonds is 3. The molecule has 0 aromatic heterocycles. The van der Waals surface area contributed by atoms with Gasteiger partial charge in [-0.3, -0.25) is 4.79 Å². The second kappa shape index (κ2) is 3.98. The first-order valence-corrected chi connectivity index (χ1v) is 7.43. The molecule has 0 amide bonds. The molecular weight excluding hydrogens is 256 g/mol. The first-order valence-electron chi connectivity index (χ1n) is 5.54. The van der Waals surface area contributed by atoms with Crippen LogP contribution in [0.4, 0.5) is 0 Å². The Bertz CT molecular complexity index is 599. The minimum absolute atomic E-state index is 0.0105. The van der Waals surface area contributed by atoms with Crippen molar-refractivity contribution in [3.05, 3.63) is 23.8 Å². The fourth-order valence-electron chi connectivity index (χ4n) is 2.28. The van der Waals surface area contributed by atoms with Crippen LogP contribution in [-0.4, -0.2) is 30.9 Å². The van der Waals surface area contributed by atoms with Crippen LogP contribution in [0.1, 0.15) is 24.8 Å². The predicted molar refractivity (Wildman–Crippen MR) is 64.4 cm³/mol. The highest BCUT2D eigenvalue weighted by atomic mass is 32.2. The van der Waals surface area contributed by atoms with Gasteiger partial charge in [0, 0.05) is 11.8 Å². The van der Waals surface area contributed by atoms with Crippen molar-refractivity contribution in [1.82, 2.24) is 0 Å². The van der Waals surface area contributed by atoms with E-state index < -0.39 is 21.2 Å². The summed E-state index contributed by atoms with van der Waals surface area (Å²) in [5.74, 6) is -1.24. The Balaban J connectivity index is 2.52. The maximum absolute atomic E-state index is 11.3. The number of hydrogen-bond acceptors (Lipinski definition) is 4. The molecule has 0 bridgehead atoms. The molecule has 18 heavy (non-hydrogen) atoms. The summed E-state index contributed by atoms with van der Waals surface area (Å²) < 4.78 is 22.7. The first-order chi connectivity index (χ1) is 8.27. The van der Waals surface area contributed by atoms with Crippen molar-refractivity contribution in [1.29, 1.82) is 0 Å². The maximum Gasteiger partial charge on any atom is 0.314 e. The fraction of sp³-hybridized carbons (Fsp3) is 0.417. The van der Waals surface area contributed by atoms with Gasteiger partial charge in [0.15, 0.2) is 9.84 Å². The van der Waals surface area contributed by atoms with E-state index in [1.165, 1.54) is 12.1 Å². The van der Waals surface area contributed by atoms with Crippen LogP contribution in [0.2, 0.25) is 0 Å². The SMILES string of the molecule is CS(=O)(=O)c1ccc(C2(C(=O)O)CCC2)c(O)c1. The Hall–Kier alpha value is -1.56. The van der Waals surface area contributed by atoms with Crippen LogP contribution in [0.5, 0.6) is 5.75 Å². The lowest BCUT2D eigenvalue weighted by Crippen LogP contribution is -2.42. The van der Waals surface area contributed by atoms with E-state index in [1.54, 1.807) is 0 Å². The molecule has 1 aliphatic carbocycles. The number of sulfone groups is 1. The summed E-state index contributed by atoms with van der Waals surface area (Å²) in [6, 6.07) is 3.86. The molecule has 98 valence electrons. The average Bonchev–Trinajstić information content (AvgIpc) is 2.16. The third kappa shape index (κ3) is 1.86. The molecule has 0 saturated heterocycles. The third-order valence-electron chi connectivity index (χ3n) is 3.53. The summed E-state index contributed by atoms with van der Waals surface area (Å²) >= 11 is 0. The normalized spacial score (nSPS) is 18.1. The summed E-state index contributed by atoms with van der Waals surface area (Å²) in [6.45, 7) is 0. The highest BCUT2D eigenvalue weighted by Gasteiger charge is 2.47. The summed E-state index contributed by atoms with van der Waals surface area (Å²) in [7, 11) is -3.40. The monoisotopic (exact) mass is 270 g/mol. The number of aliphatic carboxylic acids is 1. The molecular formula is C12H14O5S. The molecule has 1 saturated carbocycles. The van der Waals surface area contributed by atoms with Gasteiger partial charge in [0.2, 0.25) is 0 Å². The molecule has 0 spiro atoms. The van der Waals surface area contributed by atoms with Crippen LogP contribution < -0.4 is 0 Å². The van der Waals surface area contributed by atoms with Gasteiger partial charge in [-0.15, -0.1) is 0 Å². The van der Waals surface area contributed by atoms with E-state index in [2.05, 4.69) is 0 Å². The van der Waals surface area contributed by atoms with E-state index in [1.807, 2.05) is 0 Å². The number of carbonyl (C=O) groups is 1. The van der Waals surface area contributed by atoms with Crippen LogP contribution in [0.25, 0.3) is 0 Å². The Morgan fingerprint density at radius 3 is 2.28 bits per heavy atom. The lowest BCUT2D eigenvalue weighted by Gasteiger charge is -2.38. The predicted octanol–water partition coefficient (Wildman–Crippen LogP) is 1.30. The number of carboxylic acids is 1. The first kappa shape index (κ1) is 12.9. The van der Waals surface area contributed by atoms with Crippen molar-refractivity contribution in [2.75, 3.05) is 6.26 Å². The van der Waals surface area contributed by atoms with E-state index in [-0.39, 0.29) is 10.6 Å². The number of phenols is 1. The van der Waals surface area contributed by atoms with Crippen molar-refractivity contribution in [2.24, 2.45) is 0 Å². The van der Waals surface area contributed by atoms with E-state index in [0.717, 1.165) is 18.7 Å². The summed E-state index contributed by atoms with van der Waals surface area (Å²) in [6.07, 6.45) is 2.76. The third-order valence-corrected chi connectivity index (χ3v) is 4.64. The molecule has 0 aliphatic heterocycles. The lowest BCUT2D eigenvalue weighted by molar-refractivity contribution is -0.147. The van der Waals surface area contributed by atoms with Gasteiger partial charge in [-0.1, -0.05) is 12.5 Å². The van der Waals surface area contributed by atoms with Crippen LogP contribution in [-0.2, 0) is 20.0 Å². The summed E-state index contributed by atoms with van der Waals surface area (Å²) in [4.78, 5) is 11.3. The Kier molecular flexibility index (Phi) is 2.85. The van der Waals surface area contributed by atoms with Gasteiger partial charge in [0.25, 0.3) is 0 Å². The zero-order valence-corrected chi connectivity index (χ0v) is 10.7. The van der Waals surface area contributed by atoms with Crippen molar-refractivity contribution in [2.45, 2.75) is 29.6 Å². The van der Waals surface area contributed by atoms with Crippen molar-refractivity contribution >= 4 is 15.8 Å². The molecule has 1 aromatic carbocycles. The smallest absolute Gasteiger partial charge is 0.314 e. The highest BCUT2D eigenvalue weighted by Crippen LogP contribution is 2.47. The lowest BCUT2D eigenvalue weighted by atomic mass is 9.64. The summed E-state index contributed by atoms with van der Waals surface area (Å²) in [5, 5.41) is 19.1. The van der Waals surface area contributed by atoms with Gasteiger partial charge in [0.05, 0.1) is 10.3 Å². The highest BCUT2D eigenvalue weighted by molar-refractivity contribution is 7.90. The van der Waals surface area contributed by atoms with Gasteiger partial charge < -0.3 is 10.2 Å². The minimum Gasteiger partial charge on any atom is -0.508 e. The Labute approximate surface area is 105 Å². The maximum atomic E-state index is 11.3. The van der Waals surface area contributed by atoms with Crippen molar-refractivity contribution in [3.63, 3.8) is 0 Å². The molecule has 1 aliphatic rings. The van der Waals surface area contributed by atoms with Gasteiger partial charge in [-0.25, -0.2) is 8.42 Å². The van der Waals surface area contributed by atoms with Crippen LogP contribution in [0.3, 0.4) is 0 Å². The van der Waals surface area contributed by atoms with Gasteiger partial charge >= 0.3 is 5.97 Å². The van der Waals surface area contributed by atoms with Crippen LogP contribution in [0, 0.1) is 0 Å². The van der Waals surface area contributed by atoms with Gasteiger partial charge in [-0.2, -0.15) is 0 Å².